The Morgan fingerprint density at radius 1 is 1.47 bits per heavy atom. The number of imide groups is 1. The number of rotatable bonds is 2. The molecular weight excluding hydrogens is 220 g/mol. The minimum absolute atomic E-state index is 0.206. The molecule has 2 saturated heterocycles. The first kappa shape index (κ1) is 12.3. The van der Waals surface area contributed by atoms with Crippen LogP contribution in [0.2, 0.25) is 0 Å². The summed E-state index contributed by atoms with van der Waals surface area (Å²) in [5, 5.41) is 5.07. The summed E-state index contributed by atoms with van der Waals surface area (Å²) in [6.07, 6.45) is 1.59. The van der Waals surface area contributed by atoms with E-state index in [4.69, 9.17) is 5.73 Å². The second kappa shape index (κ2) is 3.96. The number of piperidine rings is 1. The zero-order valence-electron chi connectivity index (χ0n) is 10.4. The van der Waals surface area contributed by atoms with E-state index in [1.165, 1.54) is 0 Å². The van der Waals surface area contributed by atoms with Crippen molar-refractivity contribution in [3.63, 3.8) is 0 Å². The number of carbonyl (C=O) groups excluding carboxylic acids is 2. The Morgan fingerprint density at radius 3 is 2.71 bits per heavy atom. The molecule has 17 heavy (non-hydrogen) atoms. The fraction of sp³-hybridized carbons (Fsp3) is 0.818. The average Bonchev–Trinajstić information content (AvgIpc) is 2.38. The number of hydrogen-bond acceptors (Lipinski definition) is 4. The van der Waals surface area contributed by atoms with Crippen LogP contribution < -0.4 is 16.4 Å². The molecule has 0 aromatic heterocycles. The van der Waals surface area contributed by atoms with Crippen molar-refractivity contribution in [2.75, 3.05) is 19.6 Å². The van der Waals surface area contributed by atoms with Crippen LogP contribution in [0.1, 0.15) is 26.7 Å². The molecule has 0 saturated carbocycles. The molecule has 2 rings (SSSR count). The first-order valence-electron chi connectivity index (χ1n) is 5.96. The number of nitrogens with two attached hydrogens (primary N) is 1. The summed E-state index contributed by atoms with van der Waals surface area (Å²) in [6, 6.07) is -0.385. The van der Waals surface area contributed by atoms with E-state index in [0.717, 1.165) is 19.5 Å². The van der Waals surface area contributed by atoms with Crippen LogP contribution in [0.4, 0.5) is 4.79 Å². The molecule has 3 amide bonds. The van der Waals surface area contributed by atoms with Gasteiger partial charge in [0.15, 0.2) is 0 Å². The zero-order valence-corrected chi connectivity index (χ0v) is 10.4. The Hall–Kier alpha value is -1.14. The second-order valence-electron chi connectivity index (χ2n) is 5.79. The third kappa shape index (κ3) is 2.58. The van der Waals surface area contributed by atoms with Gasteiger partial charge < -0.3 is 11.1 Å². The molecule has 2 fully saturated rings. The van der Waals surface area contributed by atoms with E-state index in [9.17, 15) is 9.59 Å². The highest BCUT2D eigenvalue weighted by Crippen LogP contribution is 2.25. The molecule has 0 bridgehead atoms. The largest absolute Gasteiger partial charge is 0.324 e. The number of hydrogen-bond donors (Lipinski definition) is 3. The maximum atomic E-state index is 11.8. The van der Waals surface area contributed by atoms with Gasteiger partial charge in [0.1, 0.15) is 5.54 Å². The number of nitrogens with one attached hydrogen (secondary N) is 2. The van der Waals surface area contributed by atoms with E-state index in [1.807, 2.05) is 13.8 Å². The molecule has 4 N–H and O–H groups in total. The Bertz CT molecular complexity index is 350. The topological polar surface area (TPSA) is 87.5 Å². The Balaban J connectivity index is 2.07. The number of amides is 3. The lowest BCUT2D eigenvalue weighted by atomic mass is 9.88. The molecule has 1 spiro atoms. The standard InChI is InChI=1S/C11H20N4O2/c1-10(2,12)6-15-5-3-4-11(7-15)8(16)13-9(17)14-11/h3-7,12H2,1-2H3,(H2,13,14,16,17). The van der Waals surface area contributed by atoms with Crippen LogP contribution in [0.3, 0.4) is 0 Å². The quantitative estimate of drug-likeness (QED) is 0.562. The smallest absolute Gasteiger partial charge is 0.322 e. The molecule has 96 valence electrons. The first-order chi connectivity index (χ1) is 7.81. The number of nitrogens with zero attached hydrogens (tertiary/aromatic N) is 1. The van der Waals surface area contributed by atoms with Crippen molar-refractivity contribution in [1.82, 2.24) is 15.5 Å². The highest BCUT2D eigenvalue weighted by Gasteiger charge is 2.48. The van der Waals surface area contributed by atoms with Gasteiger partial charge in [0.25, 0.3) is 5.91 Å². The Morgan fingerprint density at radius 2 is 2.18 bits per heavy atom. The van der Waals surface area contributed by atoms with Gasteiger partial charge in [0.2, 0.25) is 0 Å². The molecule has 1 unspecified atom stereocenters. The molecule has 2 aliphatic rings. The van der Waals surface area contributed by atoms with Crippen LogP contribution in [0, 0.1) is 0 Å². The Kier molecular flexibility index (Phi) is 2.87. The maximum Gasteiger partial charge on any atom is 0.322 e. The van der Waals surface area contributed by atoms with Crippen LogP contribution in [-0.4, -0.2) is 47.6 Å². The van der Waals surface area contributed by atoms with Gasteiger partial charge >= 0.3 is 6.03 Å². The van der Waals surface area contributed by atoms with Gasteiger partial charge in [-0.15, -0.1) is 0 Å². The SMILES string of the molecule is CC(C)(N)CN1CCCC2(C1)NC(=O)NC2=O. The van der Waals surface area contributed by atoms with Gasteiger partial charge in [-0.2, -0.15) is 0 Å². The summed E-state index contributed by atoms with van der Waals surface area (Å²) in [7, 11) is 0. The third-order valence-electron chi connectivity index (χ3n) is 3.22. The minimum Gasteiger partial charge on any atom is -0.324 e. The van der Waals surface area contributed by atoms with Gasteiger partial charge in [-0.1, -0.05) is 0 Å². The van der Waals surface area contributed by atoms with Gasteiger partial charge in [0, 0.05) is 18.6 Å². The van der Waals surface area contributed by atoms with Gasteiger partial charge in [0.05, 0.1) is 0 Å². The summed E-state index contributed by atoms with van der Waals surface area (Å²) in [6.45, 7) is 6.11. The molecular formula is C11H20N4O2. The van der Waals surface area contributed by atoms with Crippen molar-refractivity contribution in [3.8, 4) is 0 Å². The van der Waals surface area contributed by atoms with E-state index in [-0.39, 0.29) is 17.5 Å². The van der Waals surface area contributed by atoms with Crippen molar-refractivity contribution in [1.29, 1.82) is 0 Å². The van der Waals surface area contributed by atoms with Gasteiger partial charge in [-0.3, -0.25) is 15.0 Å². The molecule has 0 radical (unpaired) electrons. The van der Waals surface area contributed by atoms with Crippen molar-refractivity contribution in [2.45, 2.75) is 37.8 Å². The lowest BCUT2D eigenvalue weighted by Crippen LogP contribution is -2.60. The van der Waals surface area contributed by atoms with Crippen molar-refractivity contribution < 1.29 is 9.59 Å². The maximum absolute atomic E-state index is 11.8. The molecule has 2 heterocycles. The van der Waals surface area contributed by atoms with E-state index in [1.54, 1.807) is 0 Å². The first-order valence-corrected chi connectivity index (χ1v) is 5.96. The lowest BCUT2D eigenvalue weighted by molar-refractivity contribution is -0.126. The summed E-state index contributed by atoms with van der Waals surface area (Å²) in [5.41, 5.74) is 4.96. The molecule has 0 aliphatic carbocycles. The van der Waals surface area contributed by atoms with Gasteiger partial charge in [-0.05, 0) is 33.2 Å². The molecule has 1 atom stereocenters. The number of carbonyl (C=O) groups is 2. The molecule has 6 nitrogen and oxygen atoms in total. The van der Waals surface area contributed by atoms with Crippen molar-refractivity contribution in [2.24, 2.45) is 5.73 Å². The average molecular weight is 240 g/mol. The fourth-order valence-electron chi connectivity index (χ4n) is 2.67. The van der Waals surface area contributed by atoms with Crippen molar-refractivity contribution >= 4 is 11.9 Å². The third-order valence-corrected chi connectivity index (χ3v) is 3.22. The Labute approximate surface area is 101 Å². The molecule has 6 heteroatoms. The normalized spacial score (nSPS) is 30.5. The van der Waals surface area contributed by atoms with Gasteiger partial charge in [-0.25, -0.2) is 4.79 Å². The summed E-state index contributed by atoms with van der Waals surface area (Å²) < 4.78 is 0. The van der Waals surface area contributed by atoms with Crippen LogP contribution in [0.25, 0.3) is 0 Å². The van der Waals surface area contributed by atoms with Crippen LogP contribution in [0.5, 0.6) is 0 Å². The fourth-order valence-corrected chi connectivity index (χ4v) is 2.67. The lowest BCUT2D eigenvalue weighted by Gasteiger charge is -2.40. The summed E-state index contributed by atoms with van der Waals surface area (Å²) in [4.78, 5) is 25.2. The summed E-state index contributed by atoms with van der Waals surface area (Å²) >= 11 is 0. The second-order valence-corrected chi connectivity index (χ2v) is 5.79. The molecule has 2 aliphatic heterocycles. The molecule has 0 aromatic carbocycles. The van der Waals surface area contributed by atoms with E-state index in [0.29, 0.717) is 13.0 Å². The van der Waals surface area contributed by atoms with E-state index < -0.39 is 5.54 Å². The van der Waals surface area contributed by atoms with Crippen LogP contribution in [0.15, 0.2) is 0 Å². The van der Waals surface area contributed by atoms with Crippen molar-refractivity contribution in [3.05, 3.63) is 0 Å². The highest BCUT2D eigenvalue weighted by molar-refractivity contribution is 6.07. The van der Waals surface area contributed by atoms with E-state index in [2.05, 4.69) is 15.5 Å². The van der Waals surface area contributed by atoms with Crippen LogP contribution >= 0.6 is 0 Å². The predicted octanol–water partition coefficient (Wildman–Crippen LogP) is -0.602. The predicted molar refractivity (Wildman–Crippen MR) is 63.3 cm³/mol. The number of likely N-dealkylation sites (tertiary alicyclic amines) is 1. The van der Waals surface area contributed by atoms with Crippen LogP contribution in [-0.2, 0) is 4.79 Å². The van der Waals surface area contributed by atoms with E-state index >= 15 is 0 Å². The summed E-state index contributed by atoms with van der Waals surface area (Å²) in [5.74, 6) is -0.206. The zero-order chi connectivity index (χ0) is 12.7. The minimum atomic E-state index is -0.736. The number of urea groups is 1. The monoisotopic (exact) mass is 240 g/mol. The highest BCUT2D eigenvalue weighted by atomic mass is 16.2. The molecule has 0 aromatic rings.